The van der Waals surface area contributed by atoms with Gasteiger partial charge in [0, 0.05) is 11.4 Å². The third-order valence-corrected chi connectivity index (χ3v) is 6.16. The van der Waals surface area contributed by atoms with Crippen LogP contribution in [0.4, 0.5) is 0 Å². The molecule has 1 N–H and O–H groups in total. The monoisotopic (exact) mass is 408 g/mol. The van der Waals surface area contributed by atoms with Crippen LogP contribution in [0, 0.1) is 0 Å². The molecule has 1 aliphatic carbocycles. The molecule has 0 radical (unpaired) electrons. The van der Waals surface area contributed by atoms with E-state index in [0.29, 0.717) is 29.1 Å². The van der Waals surface area contributed by atoms with Crippen LogP contribution in [0.2, 0.25) is 0 Å². The molecule has 1 saturated carbocycles. The van der Waals surface area contributed by atoms with Gasteiger partial charge in [0.05, 0.1) is 26.7 Å². The molecule has 0 spiro atoms. The third-order valence-electron chi connectivity index (χ3n) is 4.40. The first-order valence-corrected chi connectivity index (χ1v) is 10.8. The second kappa shape index (κ2) is 7.37. The van der Waals surface area contributed by atoms with Gasteiger partial charge in [-0.3, -0.25) is 4.79 Å². The largest absolute Gasteiger partial charge is 0.349 e. The molecule has 0 atom stereocenters. The Hall–Kier alpha value is -2.71. The number of carbonyl (C=O) groups is 1. The highest BCUT2D eigenvalue weighted by molar-refractivity contribution is 7.98. The summed E-state index contributed by atoms with van der Waals surface area (Å²) >= 11 is 3.05. The van der Waals surface area contributed by atoms with Crippen molar-refractivity contribution in [1.82, 2.24) is 20.4 Å². The highest BCUT2D eigenvalue weighted by Gasteiger charge is 2.25. The molecule has 8 heteroatoms. The third kappa shape index (κ3) is 3.65. The van der Waals surface area contributed by atoms with Crippen molar-refractivity contribution in [1.29, 1.82) is 0 Å². The van der Waals surface area contributed by atoms with Crippen molar-refractivity contribution in [3.05, 3.63) is 59.2 Å². The Labute approximate surface area is 169 Å². The minimum Gasteiger partial charge on any atom is -0.349 e. The molecule has 140 valence electrons. The zero-order chi connectivity index (χ0) is 18.9. The molecule has 6 nitrogen and oxygen atoms in total. The van der Waals surface area contributed by atoms with Crippen LogP contribution in [-0.4, -0.2) is 27.1 Å². The number of para-hydroxylation sites is 1. The van der Waals surface area contributed by atoms with E-state index >= 15 is 0 Å². The second-order valence-electron chi connectivity index (χ2n) is 6.55. The van der Waals surface area contributed by atoms with Gasteiger partial charge in [-0.2, -0.15) is 4.98 Å². The molecule has 1 aromatic carbocycles. The Morgan fingerprint density at radius 1 is 1.21 bits per heavy atom. The average molecular weight is 409 g/mol. The van der Waals surface area contributed by atoms with Crippen LogP contribution in [0.25, 0.3) is 21.7 Å². The van der Waals surface area contributed by atoms with Crippen molar-refractivity contribution >= 4 is 39.9 Å². The fraction of sp³-hybridized carbons (Fsp3) is 0.200. The molecule has 5 rings (SSSR count). The van der Waals surface area contributed by atoms with Gasteiger partial charge in [0.15, 0.2) is 5.82 Å². The Kier molecular flexibility index (Phi) is 4.58. The number of hydrogen-bond donors (Lipinski definition) is 1. The van der Waals surface area contributed by atoms with Crippen LogP contribution in [0.15, 0.2) is 57.4 Å². The number of nitrogens with zero attached hydrogens (tertiary/aromatic N) is 3. The first-order valence-electron chi connectivity index (χ1n) is 8.96. The van der Waals surface area contributed by atoms with Gasteiger partial charge in [0.1, 0.15) is 0 Å². The molecule has 3 aromatic heterocycles. The van der Waals surface area contributed by atoms with E-state index in [4.69, 9.17) is 4.52 Å². The summed E-state index contributed by atoms with van der Waals surface area (Å²) in [5.74, 6) is 1.61. The summed E-state index contributed by atoms with van der Waals surface area (Å²) in [5, 5.41) is 10.7. The highest BCUT2D eigenvalue weighted by Crippen LogP contribution is 2.28. The van der Waals surface area contributed by atoms with Crippen LogP contribution in [0.1, 0.15) is 29.0 Å². The molecular formula is C20H16N4O2S2. The lowest BCUT2D eigenvalue weighted by Gasteiger charge is -2.09. The van der Waals surface area contributed by atoms with Crippen molar-refractivity contribution < 1.29 is 9.32 Å². The van der Waals surface area contributed by atoms with E-state index in [0.717, 1.165) is 33.6 Å². The smallest absolute Gasteiger partial charge is 0.268 e. The van der Waals surface area contributed by atoms with Crippen molar-refractivity contribution in [3.8, 4) is 10.8 Å². The molecule has 1 aliphatic rings. The van der Waals surface area contributed by atoms with E-state index in [1.54, 1.807) is 11.3 Å². The number of rotatable bonds is 6. The Morgan fingerprint density at radius 2 is 2.11 bits per heavy atom. The fourth-order valence-corrected chi connectivity index (χ4v) is 4.26. The quantitative estimate of drug-likeness (QED) is 0.472. The zero-order valence-corrected chi connectivity index (χ0v) is 16.4. The molecule has 1 fully saturated rings. The van der Waals surface area contributed by atoms with E-state index in [1.165, 1.54) is 11.8 Å². The number of carbonyl (C=O) groups excluding carboxylic acids is 1. The van der Waals surface area contributed by atoms with E-state index in [1.807, 2.05) is 47.8 Å². The molecule has 4 aromatic rings. The maximum atomic E-state index is 12.7. The predicted octanol–water partition coefficient (Wildman–Crippen LogP) is 4.53. The van der Waals surface area contributed by atoms with Gasteiger partial charge in [-0.25, -0.2) is 4.98 Å². The number of thiophene rings is 1. The summed E-state index contributed by atoms with van der Waals surface area (Å²) in [6.45, 7) is 0. The molecule has 0 bridgehead atoms. The van der Waals surface area contributed by atoms with Gasteiger partial charge >= 0.3 is 0 Å². The van der Waals surface area contributed by atoms with E-state index in [-0.39, 0.29) is 5.91 Å². The maximum absolute atomic E-state index is 12.7. The number of hydrogen-bond acceptors (Lipinski definition) is 7. The van der Waals surface area contributed by atoms with Crippen LogP contribution in [0.5, 0.6) is 0 Å². The van der Waals surface area contributed by atoms with Gasteiger partial charge in [0.2, 0.25) is 0 Å². The van der Waals surface area contributed by atoms with Gasteiger partial charge in [-0.1, -0.05) is 41.2 Å². The molecule has 1 amide bonds. The predicted molar refractivity (Wildman–Crippen MR) is 109 cm³/mol. The Balaban J connectivity index is 1.39. The number of thioether (sulfide) groups is 1. The number of nitrogens with one attached hydrogen (secondary N) is 1. The average Bonchev–Trinajstić information content (AvgIpc) is 3.19. The van der Waals surface area contributed by atoms with Gasteiger partial charge in [-0.15, -0.1) is 11.3 Å². The van der Waals surface area contributed by atoms with Crippen molar-refractivity contribution in [2.45, 2.75) is 29.7 Å². The Bertz CT molecular complexity index is 1140. The lowest BCUT2D eigenvalue weighted by molar-refractivity contribution is 0.0952. The summed E-state index contributed by atoms with van der Waals surface area (Å²) in [4.78, 5) is 22.8. The molecule has 0 saturated heterocycles. The zero-order valence-electron chi connectivity index (χ0n) is 14.8. The van der Waals surface area contributed by atoms with Crippen LogP contribution < -0.4 is 5.32 Å². The minimum absolute atomic E-state index is 0.0394. The van der Waals surface area contributed by atoms with Gasteiger partial charge in [0.25, 0.3) is 11.8 Å². The lowest BCUT2D eigenvalue weighted by Crippen LogP contribution is -2.25. The molecule has 0 unspecified atom stereocenters. The summed E-state index contributed by atoms with van der Waals surface area (Å²) in [6, 6.07) is 13.8. The summed E-state index contributed by atoms with van der Waals surface area (Å²) in [7, 11) is 0. The van der Waals surface area contributed by atoms with Crippen molar-refractivity contribution in [2.24, 2.45) is 0 Å². The van der Waals surface area contributed by atoms with Gasteiger partial charge < -0.3 is 9.84 Å². The molecule has 0 aliphatic heterocycles. The Morgan fingerprint density at radius 3 is 2.93 bits per heavy atom. The normalized spacial score (nSPS) is 13.7. The molecular weight excluding hydrogens is 392 g/mol. The second-order valence-corrected chi connectivity index (χ2v) is 8.50. The SMILES string of the molecule is O=C(NC1CC1)c1cc(SCc2noc(-c3cccs3)n2)nc2ccccc12. The molecule has 28 heavy (non-hydrogen) atoms. The first-order chi connectivity index (χ1) is 13.8. The standard InChI is InChI=1S/C20H16N4O2S2/c25-19(21-12-7-8-12)14-10-18(22-15-5-2-1-4-13(14)15)28-11-17-23-20(26-24-17)16-6-3-9-27-16/h1-6,9-10,12H,7-8,11H2,(H,21,25). The summed E-state index contributed by atoms with van der Waals surface area (Å²) in [6.07, 6.45) is 2.11. The maximum Gasteiger partial charge on any atom is 0.268 e. The van der Waals surface area contributed by atoms with Gasteiger partial charge in [-0.05, 0) is 36.4 Å². The number of benzene rings is 1. The molecule has 3 heterocycles. The topological polar surface area (TPSA) is 80.9 Å². The fourth-order valence-electron chi connectivity index (χ4n) is 2.86. The highest BCUT2D eigenvalue weighted by atomic mass is 32.2. The minimum atomic E-state index is -0.0394. The number of pyridine rings is 1. The van der Waals surface area contributed by atoms with Crippen LogP contribution in [-0.2, 0) is 5.75 Å². The van der Waals surface area contributed by atoms with Crippen molar-refractivity contribution in [2.75, 3.05) is 0 Å². The van der Waals surface area contributed by atoms with E-state index < -0.39 is 0 Å². The lowest BCUT2D eigenvalue weighted by atomic mass is 10.1. The van der Waals surface area contributed by atoms with Crippen LogP contribution in [0.3, 0.4) is 0 Å². The summed E-state index contributed by atoms with van der Waals surface area (Å²) < 4.78 is 5.33. The first kappa shape index (κ1) is 17.4. The van der Waals surface area contributed by atoms with Crippen molar-refractivity contribution in [3.63, 3.8) is 0 Å². The van der Waals surface area contributed by atoms with Crippen LogP contribution >= 0.6 is 23.1 Å². The van der Waals surface area contributed by atoms with E-state index in [2.05, 4.69) is 20.4 Å². The number of fused-ring (bicyclic) bond motifs is 1. The summed E-state index contributed by atoms with van der Waals surface area (Å²) in [5.41, 5.74) is 1.47. The number of aromatic nitrogens is 3. The van der Waals surface area contributed by atoms with E-state index in [9.17, 15) is 4.79 Å². The number of amides is 1.